The Hall–Kier alpha value is -2.81. The summed E-state index contributed by atoms with van der Waals surface area (Å²) in [7, 11) is 0. The zero-order valence-electron chi connectivity index (χ0n) is 17.8. The summed E-state index contributed by atoms with van der Waals surface area (Å²) >= 11 is 0. The molecule has 2 aromatic rings. The summed E-state index contributed by atoms with van der Waals surface area (Å²) in [6.07, 6.45) is 2.53. The van der Waals surface area contributed by atoms with Crippen molar-refractivity contribution >= 4 is 5.78 Å². The third-order valence-corrected chi connectivity index (χ3v) is 6.85. The molecule has 168 valence electrons. The molecule has 2 aliphatic rings. The Bertz CT molecular complexity index is 1020. The predicted molar refractivity (Wildman–Crippen MR) is 114 cm³/mol. The summed E-state index contributed by atoms with van der Waals surface area (Å²) in [4.78, 5) is 12.8. The van der Waals surface area contributed by atoms with Crippen LogP contribution in [0.15, 0.2) is 42.5 Å². The molecule has 1 fully saturated rings. The van der Waals surface area contributed by atoms with E-state index in [0.29, 0.717) is 5.92 Å². The number of Topliss-reactive ketones (excluding diaryl/α,β-unsaturated/α-hetero) is 1. The minimum Gasteiger partial charge on any atom is -0.490 e. The van der Waals surface area contributed by atoms with Crippen LogP contribution in [-0.4, -0.2) is 11.9 Å². The summed E-state index contributed by atoms with van der Waals surface area (Å²) in [6, 6.07) is 13.0. The standard InChI is InChI=1S/C26H26F3NO2/c27-26(28,29)24-15-22(14-11-20(24)16-30)32-21-12-6-17(7-13-21)5-8-19-10-9-18-3-1-2-4-23(18)25(19)31/h1-4,11,14-15,17,19,21H,5-10,12-13H2/t17-,19?,21-. The number of halogens is 3. The van der Waals surface area contributed by atoms with Crippen LogP contribution in [0.2, 0.25) is 0 Å². The van der Waals surface area contributed by atoms with Gasteiger partial charge in [0.2, 0.25) is 0 Å². The molecule has 2 aliphatic carbocycles. The van der Waals surface area contributed by atoms with Crippen molar-refractivity contribution in [1.29, 1.82) is 5.26 Å². The van der Waals surface area contributed by atoms with Crippen LogP contribution in [0.5, 0.6) is 5.75 Å². The Morgan fingerprint density at radius 3 is 2.47 bits per heavy atom. The number of rotatable bonds is 5. The maximum atomic E-state index is 13.2. The molecular weight excluding hydrogens is 415 g/mol. The number of carbonyl (C=O) groups excluding carboxylic acids is 1. The van der Waals surface area contributed by atoms with Gasteiger partial charge in [-0.1, -0.05) is 24.3 Å². The fourth-order valence-corrected chi connectivity index (χ4v) is 5.03. The molecule has 1 unspecified atom stereocenters. The molecule has 0 N–H and O–H groups in total. The maximum absolute atomic E-state index is 13.2. The predicted octanol–water partition coefficient (Wildman–Crippen LogP) is 6.74. The molecule has 32 heavy (non-hydrogen) atoms. The van der Waals surface area contributed by atoms with Crippen LogP contribution >= 0.6 is 0 Å². The monoisotopic (exact) mass is 441 g/mol. The maximum Gasteiger partial charge on any atom is 0.417 e. The van der Waals surface area contributed by atoms with Crippen LogP contribution < -0.4 is 4.74 Å². The van der Waals surface area contributed by atoms with Gasteiger partial charge in [0.05, 0.1) is 23.3 Å². The van der Waals surface area contributed by atoms with Gasteiger partial charge in [-0.15, -0.1) is 0 Å². The fraction of sp³-hybridized carbons (Fsp3) is 0.462. The lowest BCUT2D eigenvalue weighted by Crippen LogP contribution is -2.26. The molecule has 4 rings (SSSR count). The number of nitrogens with zero attached hydrogens (tertiary/aromatic N) is 1. The lowest BCUT2D eigenvalue weighted by Gasteiger charge is -2.30. The number of hydrogen-bond acceptors (Lipinski definition) is 3. The van der Waals surface area contributed by atoms with Crippen LogP contribution in [0.4, 0.5) is 13.2 Å². The molecule has 0 aliphatic heterocycles. The molecule has 0 spiro atoms. The van der Waals surface area contributed by atoms with E-state index in [1.54, 1.807) is 6.07 Å². The highest BCUT2D eigenvalue weighted by atomic mass is 19.4. The van der Waals surface area contributed by atoms with E-state index in [9.17, 15) is 18.0 Å². The van der Waals surface area contributed by atoms with E-state index in [2.05, 4.69) is 0 Å². The average Bonchev–Trinajstić information content (AvgIpc) is 2.79. The first kappa shape index (κ1) is 22.4. The third kappa shape index (κ3) is 4.98. The molecule has 1 atom stereocenters. The first-order valence-electron chi connectivity index (χ1n) is 11.2. The van der Waals surface area contributed by atoms with Crippen molar-refractivity contribution in [3.05, 3.63) is 64.7 Å². The Labute approximate surface area is 186 Å². The van der Waals surface area contributed by atoms with Gasteiger partial charge in [0.25, 0.3) is 0 Å². The third-order valence-electron chi connectivity index (χ3n) is 6.85. The van der Waals surface area contributed by atoms with Gasteiger partial charge in [-0.3, -0.25) is 4.79 Å². The SMILES string of the molecule is N#Cc1ccc(O[C@H]2CC[C@H](CCC3CCc4ccccc4C3=O)CC2)cc1C(F)(F)F. The Morgan fingerprint density at radius 1 is 1.00 bits per heavy atom. The van der Waals surface area contributed by atoms with Crippen LogP contribution in [0.1, 0.15) is 72.0 Å². The molecule has 0 saturated heterocycles. The van der Waals surface area contributed by atoms with Crippen molar-refractivity contribution in [2.24, 2.45) is 11.8 Å². The molecule has 0 bridgehead atoms. The molecule has 2 aromatic carbocycles. The summed E-state index contributed by atoms with van der Waals surface area (Å²) in [5.74, 6) is 1.04. The number of fused-ring (bicyclic) bond motifs is 1. The van der Waals surface area contributed by atoms with Gasteiger partial charge >= 0.3 is 6.18 Å². The summed E-state index contributed by atoms with van der Waals surface area (Å²) in [5, 5.41) is 8.92. The van der Waals surface area contributed by atoms with Crippen molar-refractivity contribution in [3.63, 3.8) is 0 Å². The van der Waals surface area contributed by atoms with Crippen molar-refractivity contribution in [2.75, 3.05) is 0 Å². The molecule has 0 aromatic heterocycles. The molecule has 0 heterocycles. The van der Waals surface area contributed by atoms with Gasteiger partial charge < -0.3 is 4.74 Å². The van der Waals surface area contributed by atoms with Crippen molar-refractivity contribution in [2.45, 2.75) is 63.6 Å². The molecule has 0 radical (unpaired) electrons. The highest BCUT2D eigenvalue weighted by Gasteiger charge is 2.34. The quantitative estimate of drug-likeness (QED) is 0.516. The zero-order chi connectivity index (χ0) is 22.7. The minimum atomic E-state index is -4.58. The van der Waals surface area contributed by atoms with E-state index in [1.165, 1.54) is 12.1 Å². The van der Waals surface area contributed by atoms with E-state index in [4.69, 9.17) is 10.00 Å². The molecule has 1 saturated carbocycles. The number of benzene rings is 2. The second-order valence-corrected chi connectivity index (χ2v) is 8.91. The van der Waals surface area contributed by atoms with Crippen LogP contribution in [0.3, 0.4) is 0 Å². The lowest BCUT2D eigenvalue weighted by atomic mass is 9.77. The van der Waals surface area contributed by atoms with E-state index in [-0.39, 0.29) is 23.6 Å². The number of ether oxygens (including phenoxy) is 1. The van der Waals surface area contributed by atoms with Gasteiger partial charge in [0, 0.05) is 11.5 Å². The Balaban J connectivity index is 1.27. The van der Waals surface area contributed by atoms with Crippen LogP contribution in [0, 0.1) is 23.2 Å². The topological polar surface area (TPSA) is 50.1 Å². The number of ketones is 1. The van der Waals surface area contributed by atoms with Crippen molar-refractivity contribution < 1.29 is 22.7 Å². The normalized spacial score (nSPS) is 23.3. The molecule has 3 nitrogen and oxygen atoms in total. The highest BCUT2D eigenvalue weighted by molar-refractivity contribution is 6.00. The van der Waals surface area contributed by atoms with E-state index < -0.39 is 17.3 Å². The van der Waals surface area contributed by atoms with Crippen molar-refractivity contribution in [1.82, 2.24) is 0 Å². The fourth-order valence-electron chi connectivity index (χ4n) is 5.03. The first-order chi connectivity index (χ1) is 15.3. The minimum absolute atomic E-state index is 0.0957. The summed E-state index contributed by atoms with van der Waals surface area (Å²) in [6.45, 7) is 0. The number of carbonyl (C=O) groups is 1. The second kappa shape index (κ2) is 9.36. The molecule has 6 heteroatoms. The van der Waals surface area contributed by atoms with Crippen molar-refractivity contribution in [3.8, 4) is 11.8 Å². The van der Waals surface area contributed by atoms with Gasteiger partial charge in [-0.05, 0) is 81.0 Å². The average molecular weight is 441 g/mol. The Kier molecular flexibility index (Phi) is 6.55. The summed E-state index contributed by atoms with van der Waals surface area (Å²) < 4.78 is 45.3. The van der Waals surface area contributed by atoms with E-state index in [0.717, 1.165) is 68.6 Å². The largest absolute Gasteiger partial charge is 0.490 e. The highest BCUT2D eigenvalue weighted by Crippen LogP contribution is 2.37. The van der Waals surface area contributed by atoms with Crippen LogP contribution in [0.25, 0.3) is 0 Å². The number of nitriles is 1. The number of aryl methyl sites for hydroxylation is 1. The summed E-state index contributed by atoms with van der Waals surface area (Å²) in [5.41, 5.74) is 0.683. The Morgan fingerprint density at radius 2 is 1.75 bits per heavy atom. The smallest absolute Gasteiger partial charge is 0.417 e. The lowest BCUT2D eigenvalue weighted by molar-refractivity contribution is -0.137. The van der Waals surface area contributed by atoms with Crippen LogP contribution in [-0.2, 0) is 12.6 Å². The van der Waals surface area contributed by atoms with Gasteiger partial charge in [-0.2, -0.15) is 18.4 Å². The zero-order valence-corrected chi connectivity index (χ0v) is 17.8. The van der Waals surface area contributed by atoms with Gasteiger partial charge in [0.1, 0.15) is 5.75 Å². The van der Waals surface area contributed by atoms with Gasteiger partial charge in [0.15, 0.2) is 5.78 Å². The first-order valence-corrected chi connectivity index (χ1v) is 11.2. The number of hydrogen-bond donors (Lipinski definition) is 0. The molecular formula is C26H26F3NO2. The number of alkyl halides is 3. The van der Waals surface area contributed by atoms with E-state index in [1.807, 2.05) is 24.3 Å². The van der Waals surface area contributed by atoms with Gasteiger partial charge in [-0.25, -0.2) is 0 Å². The molecule has 0 amide bonds. The van der Waals surface area contributed by atoms with E-state index >= 15 is 0 Å². The second-order valence-electron chi connectivity index (χ2n) is 8.91.